The summed E-state index contributed by atoms with van der Waals surface area (Å²) in [5, 5.41) is 14.4. The molecule has 7 nitrogen and oxygen atoms in total. The van der Waals surface area contributed by atoms with Crippen molar-refractivity contribution in [3.63, 3.8) is 0 Å². The highest BCUT2D eigenvalue weighted by Crippen LogP contribution is 2.32. The molecule has 0 radical (unpaired) electrons. The van der Waals surface area contributed by atoms with E-state index in [-0.39, 0.29) is 48.8 Å². The largest absolute Gasteiger partial charge is 0.390 e. The van der Waals surface area contributed by atoms with Crippen molar-refractivity contribution in [2.24, 2.45) is 0 Å². The summed E-state index contributed by atoms with van der Waals surface area (Å²) >= 11 is 12.5. The van der Waals surface area contributed by atoms with Gasteiger partial charge in [0, 0.05) is 57.6 Å². The molecule has 38 heavy (non-hydrogen) atoms. The summed E-state index contributed by atoms with van der Waals surface area (Å²) in [7, 11) is 0. The van der Waals surface area contributed by atoms with Crippen LogP contribution in [0.3, 0.4) is 0 Å². The Bertz CT molecular complexity index is 1190. The van der Waals surface area contributed by atoms with Gasteiger partial charge in [0.25, 0.3) is 5.91 Å². The number of hydrogen-bond donors (Lipinski definition) is 2. The van der Waals surface area contributed by atoms with Gasteiger partial charge in [-0.25, -0.2) is 9.37 Å². The van der Waals surface area contributed by atoms with Crippen LogP contribution < -0.4 is 10.2 Å². The van der Waals surface area contributed by atoms with Crippen LogP contribution in [0.4, 0.5) is 10.1 Å². The quantitative estimate of drug-likeness (QED) is 0.358. The van der Waals surface area contributed by atoms with Gasteiger partial charge in [0.15, 0.2) is 0 Å². The van der Waals surface area contributed by atoms with Gasteiger partial charge in [0.2, 0.25) is 0 Å². The number of β-amino-alcohol motifs (C(OH)–C–C–N with tert-alkyl or cyclic N) is 1. The molecule has 1 unspecified atom stereocenters. The van der Waals surface area contributed by atoms with Crippen LogP contribution in [0.1, 0.15) is 29.7 Å². The van der Waals surface area contributed by atoms with Crippen molar-refractivity contribution in [2.45, 2.75) is 25.9 Å². The number of carbonyl (C=O) groups is 1. The van der Waals surface area contributed by atoms with E-state index in [4.69, 9.17) is 23.2 Å². The number of aromatic nitrogens is 2. The highest BCUT2D eigenvalue weighted by Gasteiger charge is 2.22. The first-order valence-corrected chi connectivity index (χ1v) is 12.8. The van der Waals surface area contributed by atoms with Crippen LogP contribution in [0, 0.1) is 5.82 Å². The number of imidazole rings is 1. The molecule has 0 aliphatic carbocycles. The van der Waals surface area contributed by atoms with Crippen LogP contribution in [-0.4, -0.2) is 70.8 Å². The van der Waals surface area contributed by atoms with Crippen LogP contribution in [-0.2, 0) is 6.42 Å². The van der Waals surface area contributed by atoms with Gasteiger partial charge in [0.05, 0.1) is 21.8 Å². The van der Waals surface area contributed by atoms with Crippen LogP contribution in [0.25, 0.3) is 5.69 Å². The minimum absolute atomic E-state index is 0. The third-order valence-corrected chi connectivity index (χ3v) is 7.01. The second kappa shape index (κ2) is 14.9. The second-order valence-corrected chi connectivity index (χ2v) is 9.65. The normalized spacial score (nSPS) is 14.4. The van der Waals surface area contributed by atoms with Crippen molar-refractivity contribution in [1.29, 1.82) is 0 Å². The molecule has 208 valence electrons. The number of aliphatic hydroxyl groups excluding tert-OH is 1. The molecule has 1 atom stereocenters. The number of nitrogens with zero attached hydrogens (tertiary/aromatic N) is 4. The fourth-order valence-corrected chi connectivity index (χ4v) is 4.74. The van der Waals surface area contributed by atoms with E-state index in [1.54, 1.807) is 29.0 Å². The molecule has 2 N–H and O–H groups in total. The van der Waals surface area contributed by atoms with Crippen LogP contribution in [0.15, 0.2) is 48.7 Å². The standard InChI is InChI=1S/C26H30Cl2FN5O2.2ClH/c1-2-4-24-31-22(17-34(24)19-9-7-18(29)8-10-19)26(36)30-15-20(35)16-32-11-13-33(14-12-32)23-6-3-5-21(27)25(23)28;;/h3,5-10,17,20,35H,2,4,11-16H2,1H3,(H,30,36);2*1H. The Balaban J connectivity index is 0.00000253. The summed E-state index contributed by atoms with van der Waals surface area (Å²) in [6.45, 7) is 5.64. The first-order valence-electron chi connectivity index (χ1n) is 12.1. The highest BCUT2D eigenvalue weighted by atomic mass is 35.5. The lowest BCUT2D eigenvalue weighted by Crippen LogP contribution is -2.50. The molecule has 3 aromatic rings. The number of anilines is 1. The molecule has 1 fully saturated rings. The van der Waals surface area contributed by atoms with Crippen LogP contribution in [0.2, 0.25) is 10.0 Å². The Morgan fingerprint density at radius 2 is 1.79 bits per heavy atom. The molecule has 1 saturated heterocycles. The van der Waals surface area contributed by atoms with E-state index >= 15 is 0 Å². The number of piperazine rings is 1. The number of carbonyl (C=O) groups excluding carboxylic acids is 1. The summed E-state index contributed by atoms with van der Waals surface area (Å²) in [5.74, 6) is 0.0534. The van der Waals surface area contributed by atoms with Gasteiger partial charge in [0.1, 0.15) is 17.3 Å². The fraction of sp³-hybridized carbons (Fsp3) is 0.385. The lowest BCUT2D eigenvalue weighted by Gasteiger charge is -2.37. The van der Waals surface area contributed by atoms with Gasteiger partial charge < -0.3 is 19.9 Å². The Kier molecular flexibility index (Phi) is 12.6. The monoisotopic (exact) mass is 605 g/mol. The first kappa shape index (κ1) is 32.1. The fourth-order valence-electron chi connectivity index (χ4n) is 4.32. The molecule has 0 bridgehead atoms. The van der Waals surface area contributed by atoms with Gasteiger partial charge in [-0.05, 0) is 42.8 Å². The maximum Gasteiger partial charge on any atom is 0.271 e. The van der Waals surface area contributed by atoms with Gasteiger partial charge >= 0.3 is 0 Å². The molecule has 1 amide bonds. The topological polar surface area (TPSA) is 73.6 Å². The van der Waals surface area contributed by atoms with E-state index in [2.05, 4.69) is 20.1 Å². The lowest BCUT2D eigenvalue weighted by molar-refractivity contribution is 0.0848. The Hall–Kier alpha value is -2.07. The molecular formula is C26H32Cl4FN5O2. The summed E-state index contributed by atoms with van der Waals surface area (Å²) in [6.07, 6.45) is 2.47. The summed E-state index contributed by atoms with van der Waals surface area (Å²) in [5.41, 5.74) is 1.92. The molecule has 1 aliphatic rings. The average Bonchev–Trinajstić information content (AvgIpc) is 3.29. The van der Waals surface area contributed by atoms with Gasteiger partial charge in [-0.1, -0.05) is 36.2 Å². The maximum atomic E-state index is 13.3. The van der Waals surface area contributed by atoms with Crippen LogP contribution in [0.5, 0.6) is 0 Å². The number of aliphatic hydroxyl groups is 1. The third-order valence-electron chi connectivity index (χ3n) is 6.20. The molecule has 1 aromatic heterocycles. The number of hydrogen-bond acceptors (Lipinski definition) is 5. The summed E-state index contributed by atoms with van der Waals surface area (Å²) in [4.78, 5) is 21.6. The number of amides is 1. The average molecular weight is 607 g/mol. The van der Waals surface area contributed by atoms with Crippen LogP contribution >= 0.6 is 48.0 Å². The molecule has 2 heterocycles. The SMILES string of the molecule is CCCc1nc(C(=O)NCC(O)CN2CCN(c3cccc(Cl)c3Cl)CC2)cn1-c1ccc(F)cc1.Cl.Cl. The zero-order chi connectivity index (χ0) is 25.7. The van der Waals surface area contributed by atoms with Crippen molar-refractivity contribution in [2.75, 3.05) is 44.2 Å². The van der Waals surface area contributed by atoms with E-state index in [9.17, 15) is 14.3 Å². The summed E-state index contributed by atoms with van der Waals surface area (Å²) < 4.78 is 15.1. The van der Waals surface area contributed by atoms with E-state index in [0.29, 0.717) is 23.0 Å². The van der Waals surface area contributed by atoms with E-state index in [1.807, 2.05) is 19.1 Å². The number of aryl methyl sites for hydroxylation is 1. The molecule has 2 aromatic carbocycles. The summed E-state index contributed by atoms with van der Waals surface area (Å²) in [6, 6.07) is 11.7. The number of rotatable bonds is 9. The van der Waals surface area contributed by atoms with Crippen molar-refractivity contribution in [3.05, 3.63) is 76.0 Å². The predicted molar refractivity (Wildman–Crippen MR) is 155 cm³/mol. The first-order chi connectivity index (χ1) is 17.4. The molecule has 0 spiro atoms. The Morgan fingerprint density at radius 1 is 1.11 bits per heavy atom. The number of benzene rings is 2. The van der Waals surface area contributed by atoms with E-state index in [1.165, 1.54) is 12.1 Å². The molecule has 0 saturated carbocycles. The molecular weight excluding hydrogens is 575 g/mol. The minimum atomic E-state index is -0.718. The van der Waals surface area contributed by atoms with Gasteiger partial charge in [-0.3, -0.25) is 9.69 Å². The maximum absolute atomic E-state index is 13.3. The van der Waals surface area contributed by atoms with Gasteiger partial charge in [-0.2, -0.15) is 0 Å². The lowest BCUT2D eigenvalue weighted by atomic mass is 10.2. The van der Waals surface area contributed by atoms with Crippen molar-refractivity contribution < 1.29 is 14.3 Å². The zero-order valence-corrected chi connectivity index (χ0v) is 24.1. The smallest absolute Gasteiger partial charge is 0.271 e. The molecule has 12 heteroatoms. The Labute approximate surface area is 244 Å². The number of halogens is 5. The van der Waals surface area contributed by atoms with Crippen molar-refractivity contribution >= 4 is 59.6 Å². The minimum Gasteiger partial charge on any atom is -0.390 e. The van der Waals surface area contributed by atoms with Gasteiger partial charge in [-0.15, -0.1) is 24.8 Å². The molecule has 4 rings (SSSR count). The second-order valence-electron chi connectivity index (χ2n) is 8.86. The van der Waals surface area contributed by atoms with E-state index in [0.717, 1.165) is 49.8 Å². The third kappa shape index (κ3) is 7.97. The highest BCUT2D eigenvalue weighted by molar-refractivity contribution is 6.43. The predicted octanol–water partition coefficient (Wildman–Crippen LogP) is 5.03. The van der Waals surface area contributed by atoms with Crippen molar-refractivity contribution in [3.8, 4) is 5.69 Å². The Morgan fingerprint density at radius 3 is 2.45 bits per heavy atom. The molecule has 1 aliphatic heterocycles. The zero-order valence-electron chi connectivity index (χ0n) is 20.9. The van der Waals surface area contributed by atoms with Crippen molar-refractivity contribution in [1.82, 2.24) is 19.8 Å². The van der Waals surface area contributed by atoms with E-state index < -0.39 is 6.10 Å². The number of nitrogens with one attached hydrogen (secondary N) is 1.